The zero-order valence-corrected chi connectivity index (χ0v) is 12.3. The van der Waals surface area contributed by atoms with Crippen LogP contribution < -0.4 is 0 Å². The summed E-state index contributed by atoms with van der Waals surface area (Å²) in [5, 5.41) is 0. The molecule has 0 spiro atoms. The molecule has 2 N–H and O–H groups in total. The van der Waals surface area contributed by atoms with E-state index in [4.69, 9.17) is 9.11 Å². The van der Waals surface area contributed by atoms with E-state index in [1.807, 2.05) is 0 Å². The number of carbonyl (C=O) groups is 1. The monoisotopic (exact) mass is 420 g/mol. The summed E-state index contributed by atoms with van der Waals surface area (Å²) < 4.78 is 62.6. The predicted molar refractivity (Wildman–Crippen MR) is 89.2 cm³/mol. The van der Waals surface area contributed by atoms with Crippen LogP contribution in [-0.2, 0) is 20.2 Å². The molecule has 0 radical (unpaired) electrons. The fourth-order valence-corrected chi connectivity index (χ4v) is 3.37. The number of hydrogen-bond acceptors (Lipinski definition) is 5. The van der Waals surface area contributed by atoms with E-state index >= 15 is 0 Å². The van der Waals surface area contributed by atoms with E-state index in [9.17, 15) is 21.6 Å². The SMILES string of the molecule is O=C1c2cc(S(=O)(=O)O)ccc2-c2ccc(S(=O)(=O)O)cc21.[KH].[KH]. The molecule has 0 fully saturated rings. The maximum absolute atomic E-state index is 12.3. The van der Waals surface area contributed by atoms with Crippen molar-refractivity contribution in [1.29, 1.82) is 0 Å². The first-order chi connectivity index (χ1) is 10.1. The Bertz CT molecular complexity index is 960. The van der Waals surface area contributed by atoms with Gasteiger partial charge >= 0.3 is 103 Å². The van der Waals surface area contributed by atoms with Gasteiger partial charge < -0.3 is 0 Å². The maximum atomic E-state index is 12.3. The quantitative estimate of drug-likeness (QED) is 0.445. The Hall–Kier alpha value is 1.20. The summed E-state index contributed by atoms with van der Waals surface area (Å²) in [4.78, 5) is 11.4. The van der Waals surface area contributed by atoms with Crippen LogP contribution in [0.4, 0.5) is 0 Å². The van der Waals surface area contributed by atoms with E-state index in [2.05, 4.69) is 0 Å². The Balaban J connectivity index is 0.00000144. The number of rotatable bonds is 2. The van der Waals surface area contributed by atoms with E-state index in [-0.39, 0.29) is 114 Å². The third kappa shape index (κ3) is 4.36. The molecule has 0 saturated heterocycles. The van der Waals surface area contributed by atoms with Crippen molar-refractivity contribution in [2.75, 3.05) is 0 Å². The van der Waals surface area contributed by atoms with Crippen molar-refractivity contribution in [3.63, 3.8) is 0 Å². The molecule has 0 aliphatic heterocycles. The van der Waals surface area contributed by atoms with Crippen LogP contribution in [-0.4, -0.2) is 134 Å². The van der Waals surface area contributed by atoms with Crippen LogP contribution in [0.15, 0.2) is 46.2 Å². The predicted octanol–water partition coefficient (Wildman–Crippen LogP) is 0.0944. The molecule has 0 atom stereocenters. The summed E-state index contributed by atoms with van der Waals surface area (Å²) in [5.41, 5.74) is 0.929. The average molecular weight is 421 g/mol. The van der Waals surface area contributed by atoms with Gasteiger partial charge in [-0.15, -0.1) is 0 Å². The van der Waals surface area contributed by atoms with Crippen LogP contribution >= 0.6 is 0 Å². The van der Waals surface area contributed by atoms with E-state index < -0.39 is 35.8 Å². The zero-order valence-electron chi connectivity index (χ0n) is 10.7. The standard InChI is InChI=1S/C13H8O7S2.2K.2H/c14-13-11-5-7(21(15,16)17)1-3-9(11)10-4-2-8(6-12(10)13)22(18,19)20;;;;/h1-6H,(H,15,16,17)(H,18,19,20);;;;. The molecule has 1 aliphatic rings. The molecule has 118 valence electrons. The average Bonchev–Trinajstić information content (AvgIpc) is 2.70. The van der Waals surface area contributed by atoms with Crippen molar-refractivity contribution in [2.45, 2.75) is 9.79 Å². The van der Waals surface area contributed by atoms with Gasteiger partial charge in [0.15, 0.2) is 5.78 Å². The summed E-state index contributed by atoms with van der Waals surface area (Å²) in [7, 11) is -8.91. The Labute approximate surface area is 223 Å². The number of carbonyl (C=O) groups excluding carboxylic acids is 1. The first-order valence-corrected chi connectivity index (χ1v) is 8.75. The second-order valence-corrected chi connectivity index (χ2v) is 7.54. The molecule has 0 heterocycles. The molecule has 0 aromatic heterocycles. The molecule has 0 amide bonds. The zero-order chi connectivity index (χ0) is 16.3. The molecular weight excluding hydrogens is 410 g/mol. The van der Waals surface area contributed by atoms with Crippen molar-refractivity contribution in [2.24, 2.45) is 0 Å². The molecule has 0 unspecified atom stereocenters. The minimum absolute atomic E-state index is 0. The molecule has 3 rings (SSSR count). The number of benzene rings is 2. The van der Waals surface area contributed by atoms with Crippen LogP contribution in [0.5, 0.6) is 0 Å². The summed E-state index contributed by atoms with van der Waals surface area (Å²) in [6.07, 6.45) is 0. The van der Waals surface area contributed by atoms with Gasteiger partial charge in [-0.25, -0.2) is 0 Å². The van der Waals surface area contributed by atoms with Gasteiger partial charge in [0, 0.05) is 11.1 Å². The number of ketones is 1. The summed E-state index contributed by atoms with van der Waals surface area (Å²) >= 11 is 0. The van der Waals surface area contributed by atoms with Crippen LogP contribution in [0.1, 0.15) is 15.9 Å². The van der Waals surface area contributed by atoms with Gasteiger partial charge in [0.25, 0.3) is 20.2 Å². The molecule has 24 heavy (non-hydrogen) atoms. The summed E-state index contributed by atoms with van der Waals surface area (Å²) in [6.45, 7) is 0. The van der Waals surface area contributed by atoms with Crippen molar-refractivity contribution >= 4 is 129 Å². The topological polar surface area (TPSA) is 126 Å². The molecule has 0 bridgehead atoms. The summed E-state index contributed by atoms with van der Waals surface area (Å²) in [6, 6.07) is 7.06. The molecule has 1 aliphatic carbocycles. The van der Waals surface area contributed by atoms with Gasteiger partial charge in [-0.1, -0.05) is 12.1 Å². The molecule has 2 aromatic carbocycles. The second-order valence-electron chi connectivity index (χ2n) is 4.69. The first-order valence-electron chi connectivity index (χ1n) is 5.87. The summed E-state index contributed by atoms with van der Waals surface area (Å²) in [5.74, 6) is -0.582. The van der Waals surface area contributed by atoms with E-state index in [1.54, 1.807) is 0 Å². The van der Waals surface area contributed by atoms with E-state index in [0.29, 0.717) is 11.1 Å². The third-order valence-electron chi connectivity index (χ3n) is 3.36. The van der Waals surface area contributed by atoms with Crippen LogP contribution in [0, 0.1) is 0 Å². The third-order valence-corrected chi connectivity index (χ3v) is 5.06. The van der Waals surface area contributed by atoms with Crippen molar-refractivity contribution in [3.05, 3.63) is 47.5 Å². The van der Waals surface area contributed by atoms with Gasteiger partial charge in [-0.2, -0.15) is 16.8 Å². The Morgan fingerprint density at radius 2 is 0.958 bits per heavy atom. The molecule has 11 heteroatoms. The number of hydrogen-bond donors (Lipinski definition) is 2. The fourth-order valence-electron chi connectivity index (χ4n) is 2.36. The van der Waals surface area contributed by atoms with Crippen molar-refractivity contribution < 1.29 is 30.7 Å². The van der Waals surface area contributed by atoms with Crippen molar-refractivity contribution in [3.8, 4) is 11.1 Å². The van der Waals surface area contributed by atoms with Gasteiger partial charge in [0.2, 0.25) is 0 Å². The molecular formula is C13H10K2O7S2. The Kier molecular flexibility index (Phi) is 7.81. The van der Waals surface area contributed by atoms with Gasteiger partial charge in [0.1, 0.15) is 0 Å². The normalized spacial score (nSPS) is 12.7. The van der Waals surface area contributed by atoms with Crippen LogP contribution in [0.2, 0.25) is 0 Å². The van der Waals surface area contributed by atoms with Crippen LogP contribution in [0.25, 0.3) is 11.1 Å². The van der Waals surface area contributed by atoms with Crippen LogP contribution in [0.3, 0.4) is 0 Å². The molecule has 0 saturated carbocycles. The molecule has 2 aromatic rings. The number of fused-ring (bicyclic) bond motifs is 3. The van der Waals surface area contributed by atoms with E-state index in [1.165, 1.54) is 12.1 Å². The second kappa shape index (κ2) is 8.06. The minimum atomic E-state index is -4.45. The Morgan fingerprint density at radius 3 is 1.25 bits per heavy atom. The van der Waals surface area contributed by atoms with Gasteiger partial charge in [-0.05, 0) is 35.4 Å². The Morgan fingerprint density at radius 1 is 0.625 bits per heavy atom. The fraction of sp³-hybridized carbons (Fsp3) is 0. The van der Waals surface area contributed by atoms with Gasteiger partial charge in [0.05, 0.1) is 9.79 Å². The first kappa shape index (κ1) is 23.2. The molecule has 7 nitrogen and oxygen atoms in total. The van der Waals surface area contributed by atoms with Crippen molar-refractivity contribution in [1.82, 2.24) is 0 Å². The van der Waals surface area contributed by atoms with E-state index in [0.717, 1.165) is 24.3 Å². The van der Waals surface area contributed by atoms with Gasteiger partial charge in [-0.3, -0.25) is 13.9 Å².